The van der Waals surface area contributed by atoms with Crippen LogP contribution in [0.4, 0.5) is 11.5 Å². The molecule has 6 nitrogen and oxygen atoms in total. The molecule has 1 heterocycles. The van der Waals surface area contributed by atoms with Crippen molar-refractivity contribution in [1.82, 2.24) is 10.3 Å². The minimum atomic E-state index is -0.787. The lowest BCUT2D eigenvalue weighted by Crippen LogP contribution is -2.21. The maximum atomic E-state index is 11.2. The number of hydrogen-bond acceptors (Lipinski definition) is 5. The van der Waals surface area contributed by atoms with Crippen molar-refractivity contribution < 1.29 is 9.90 Å². The zero-order chi connectivity index (χ0) is 18.9. The van der Waals surface area contributed by atoms with E-state index in [-0.39, 0.29) is 0 Å². The standard InChI is InChI=1S/C20H28N4O2/c1-14-6-7-16(13-17(14)15(2)20(25)26)8-12-22-9-4-11-23-18-5-3-10-24-19(18)21/h3,5-7,10,13,15,22-23H,4,8-9,11-12H2,1-2H3,(H2,21,24)(H,25,26). The summed E-state index contributed by atoms with van der Waals surface area (Å²) in [5, 5.41) is 15.9. The summed E-state index contributed by atoms with van der Waals surface area (Å²) in [5.41, 5.74) is 9.73. The van der Waals surface area contributed by atoms with Gasteiger partial charge in [-0.2, -0.15) is 0 Å². The molecule has 0 saturated heterocycles. The number of nitrogens with one attached hydrogen (secondary N) is 2. The Hall–Kier alpha value is -2.60. The number of carboxylic acid groups (broad SMARTS) is 1. The molecule has 26 heavy (non-hydrogen) atoms. The first-order valence-corrected chi connectivity index (χ1v) is 8.96. The van der Waals surface area contributed by atoms with Gasteiger partial charge in [0.2, 0.25) is 0 Å². The molecule has 0 aliphatic carbocycles. The number of nitrogen functional groups attached to an aromatic ring is 1. The number of rotatable bonds is 10. The number of carboxylic acids is 1. The van der Waals surface area contributed by atoms with Crippen LogP contribution in [-0.4, -0.2) is 35.7 Å². The summed E-state index contributed by atoms with van der Waals surface area (Å²) in [6.45, 7) is 6.28. The quantitative estimate of drug-likeness (QED) is 0.489. The monoisotopic (exact) mass is 356 g/mol. The van der Waals surface area contributed by atoms with Gasteiger partial charge < -0.3 is 21.5 Å². The van der Waals surface area contributed by atoms with Crippen LogP contribution in [0.5, 0.6) is 0 Å². The van der Waals surface area contributed by atoms with E-state index in [2.05, 4.69) is 21.7 Å². The summed E-state index contributed by atoms with van der Waals surface area (Å²) >= 11 is 0. The van der Waals surface area contributed by atoms with Gasteiger partial charge >= 0.3 is 5.97 Å². The molecule has 1 unspecified atom stereocenters. The lowest BCUT2D eigenvalue weighted by Gasteiger charge is -2.13. The Morgan fingerprint density at radius 3 is 2.81 bits per heavy atom. The summed E-state index contributed by atoms with van der Waals surface area (Å²) in [6.07, 6.45) is 3.53. The average molecular weight is 356 g/mol. The molecule has 0 spiro atoms. The smallest absolute Gasteiger partial charge is 0.310 e. The predicted octanol–water partition coefficient (Wildman–Crippen LogP) is 2.79. The number of benzene rings is 1. The van der Waals surface area contributed by atoms with Crippen molar-refractivity contribution in [3.63, 3.8) is 0 Å². The van der Waals surface area contributed by atoms with E-state index in [0.29, 0.717) is 5.82 Å². The number of aryl methyl sites for hydroxylation is 1. The second-order valence-corrected chi connectivity index (χ2v) is 6.47. The Kier molecular flexibility index (Phi) is 7.41. The summed E-state index contributed by atoms with van der Waals surface area (Å²) < 4.78 is 0. The van der Waals surface area contributed by atoms with Gasteiger partial charge in [0.25, 0.3) is 0 Å². The van der Waals surface area contributed by atoms with Crippen LogP contribution in [0.25, 0.3) is 0 Å². The van der Waals surface area contributed by atoms with E-state index >= 15 is 0 Å². The number of aliphatic carboxylic acids is 1. The van der Waals surface area contributed by atoms with Gasteiger partial charge in [0.1, 0.15) is 5.82 Å². The van der Waals surface area contributed by atoms with E-state index in [9.17, 15) is 9.90 Å². The molecule has 5 N–H and O–H groups in total. The van der Waals surface area contributed by atoms with E-state index in [1.807, 2.05) is 31.2 Å². The van der Waals surface area contributed by atoms with E-state index in [1.165, 1.54) is 0 Å². The molecule has 2 rings (SSSR count). The highest BCUT2D eigenvalue weighted by molar-refractivity contribution is 5.76. The highest BCUT2D eigenvalue weighted by Gasteiger charge is 2.16. The Morgan fingerprint density at radius 1 is 1.27 bits per heavy atom. The second kappa shape index (κ2) is 9.77. The molecule has 0 radical (unpaired) electrons. The van der Waals surface area contributed by atoms with E-state index in [4.69, 9.17) is 5.73 Å². The van der Waals surface area contributed by atoms with E-state index in [0.717, 1.165) is 54.9 Å². The Bertz CT molecular complexity index is 734. The Morgan fingerprint density at radius 2 is 2.08 bits per heavy atom. The van der Waals surface area contributed by atoms with Gasteiger partial charge in [-0.25, -0.2) is 4.98 Å². The lowest BCUT2D eigenvalue weighted by molar-refractivity contribution is -0.138. The number of hydrogen-bond donors (Lipinski definition) is 4. The van der Waals surface area contributed by atoms with Crippen molar-refractivity contribution in [2.45, 2.75) is 32.6 Å². The van der Waals surface area contributed by atoms with Gasteiger partial charge in [-0.15, -0.1) is 0 Å². The van der Waals surface area contributed by atoms with Gasteiger partial charge in [0.15, 0.2) is 0 Å². The van der Waals surface area contributed by atoms with Crippen molar-refractivity contribution >= 4 is 17.5 Å². The first kappa shape index (κ1) is 19.7. The minimum Gasteiger partial charge on any atom is -0.481 e. The van der Waals surface area contributed by atoms with Crippen molar-refractivity contribution in [3.8, 4) is 0 Å². The summed E-state index contributed by atoms with van der Waals surface area (Å²) in [7, 11) is 0. The van der Waals surface area contributed by atoms with Crippen LogP contribution in [-0.2, 0) is 11.2 Å². The number of carbonyl (C=O) groups is 1. The normalized spacial score (nSPS) is 11.9. The van der Waals surface area contributed by atoms with Crippen LogP contribution >= 0.6 is 0 Å². The van der Waals surface area contributed by atoms with E-state index < -0.39 is 11.9 Å². The van der Waals surface area contributed by atoms with Gasteiger partial charge in [-0.3, -0.25) is 4.79 Å². The van der Waals surface area contributed by atoms with Gasteiger partial charge in [0.05, 0.1) is 11.6 Å². The van der Waals surface area contributed by atoms with Crippen molar-refractivity contribution in [1.29, 1.82) is 0 Å². The molecule has 1 atom stereocenters. The lowest BCUT2D eigenvalue weighted by atomic mass is 9.94. The zero-order valence-corrected chi connectivity index (χ0v) is 15.5. The number of anilines is 2. The zero-order valence-electron chi connectivity index (χ0n) is 15.5. The third kappa shape index (κ3) is 5.74. The number of nitrogens with zero attached hydrogens (tertiary/aromatic N) is 1. The maximum Gasteiger partial charge on any atom is 0.310 e. The van der Waals surface area contributed by atoms with Crippen LogP contribution in [0.3, 0.4) is 0 Å². The fourth-order valence-corrected chi connectivity index (χ4v) is 2.81. The number of aromatic nitrogens is 1. The third-order valence-corrected chi connectivity index (χ3v) is 4.46. The minimum absolute atomic E-state index is 0.478. The first-order valence-electron chi connectivity index (χ1n) is 8.96. The van der Waals surface area contributed by atoms with Crippen LogP contribution in [0, 0.1) is 6.92 Å². The highest BCUT2D eigenvalue weighted by atomic mass is 16.4. The molecular weight excluding hydrogens is 328 g/mol. The second-order valence-electron chi connectivity index (χ2n) is 6.47. The fourth-order valence-electron chi connectivity index (χ4n) is 2.81. The van der Waals surface area contributed by atoms with Crippen molar-refractivity contribution in [2.75, 3.05) is 30.7 Å². The summed E-state index contributed by atoms with van der Waals surface area (Å²) in [6, 6.07) is 9.87. The van der Waals surface area contributed by atoms with Crippen molar-refractivity contribution in [3.05, 3.63) is 53.2 Å². The molecule has 0 aliphatic heterocycles. The number of nitrogens with two attached hydrogens (primary N) is 1. The maximum absolute atomic E-state index is 11.2. The van der Waals surface area contributed by atoms with Gasteiger partial charge in [-0.05, 0) is 68.6 Å². The highest BCUT2D eigenvalue weighted by Crippen LogP contribution is 2.21. The Balaban J connectivity index is 1.69. The summed E-state index contributed by atoms with van der Waals surface area (Å²) in [5.74, 6) is -0.745. The Labute approximate surface area is 154 Å². The topological polar surface area (TPSA) is 100 Å². The fraction of sp³-hybridized carbons (Fsp3) is 0.400. The van der Waals surface area contributed by atoms with Crippen molar-refractivity contribution in [2.24, 2.45) is 0 Å². The van der Waals surface area contributed by atoms with Crippen LogP contribution in [0.2, 0.25) is 0 Å². The largest absolute Gasteiger partial charge is 0.481 e. The number of pyridine rings is 1. The predicted molar refractivity (Wildman–Crippen MR) is 106 cm³/mol. The third-order valence-electron chi connectivity index (χ3n) is 4.46. The van der Waals surface area contributed by atoms with Crippen LogP contribution < -0.4 is 16.4 Å². The first-order chi connectivity index (χ1) is 12.5. The molecule has 0 aliphatic rings. The van der Waals surface area contributed by atoms with Crippen LogP contribution in [0.1, 0.15) is 36.0 Å². The molecule has 0 saturated carbocycles. The molecular formula is C20H28N4O2. The van der Waals surface area contributed by atoms with E-state index in [1.54, 1.807) is 13.1 Å². The summed E-state index contributed by atoms with van der Waals surface area (Å²) in [4.78, 5) is 15.3. The average Bonchev–Trinajstić information content (AvgIpc) is 2.63. The molecule has 0 amide bonds. The van der Waals surface area contributed by atoms with Gasteiger partial charge in [0, 0.05) is 12.7 Å². The molecule has 140 valence electrons. The molecule has 1 aromatic heterocycles. The van der Waals surface area contributed by atoms with Crippen LogP contribution in [0.15, 0.2) is 36.5 Å². The molecule has 6 heteroatoms. The molecule has 2 aromatic rings. The molecule has 1 aromatic carbocycles. The molecule has 0 fully saturated rings. The SMILES string of the molecule is Cc1ccc(CCNCCCNc2cccnc2N)cc1C(C)C(=O)O. The molecule has 0 bridgehead atoms. The van der Waals surface area contributed by atoms with Gasteiger partial charge in [-0.1, -0.05) is 18.2 Å².